The average Bonchev–Trinajstić information content (AvgIpc) is 2.46. The Labute approximate surface area is 111 Å². The molecule has 1 unspecified atom stereocenters. The van der Waals surface area contributed by atoms with E-state index in [1.807, 2.05) is 0 Å². The highest BCUT2D eigenvalue weighted by atomic mass is 14.3. The molecule has 0 amide bonds. The summed E-state index contributed by atoms with van der Waals surface area (Å²) in [6, 6.07) is 10.7. The highest BCUT2D eigenvalue weighted by Crippen LogP contribution is 2.37. The van der Waals surface area contributed by atoms with Gasteiger partial charge in [0.25, 0.3) is 0 Å². The predicted octanol–water partition coefficient (Wildman–Crippen LogP) is 5.19. The minimum atomic E-state index is -0.000908. The van der Waals surface area contributed by atoms with Crippen LogP contribution in [0, 0.1) is 0 Å². The molecule has 0 N–H and O–H groups in total. The number of unbranched alkanes of at least 4 members (excludes halogenated alkanes) is 1. The second-order valence-corrected chi connectivity index (χ2v) is 5.07. The third-order valence-corrected chi connectivity index (χ3v) is 3.77. The van der Waals surface area contributed by atoms with Gasteiger partial charge in [-0.05, 0) is 24.8 Å². The summed E-state index contributed by atoms with van der Waals surface area (Å²) in [5, 5.41) is 0. The zero-order valence-electron chi connectivity index (χ0n) is 11.2. The fourth-order valence-corrected chi connectivity index (χ4v) is 2.63. The summed E-state index contributed by atoms with van der Waals surface area (Å²) < 4.78 is 0. The Bertz CT molecular complexity index is 450. The van der Waals surface area contributed by atoms with Crippen molar-refractivity contribution >= 4 is 0 Å². The van der Waals surface area contributed by atoms with Crippen molar-refractivity contribution in [3.63, 3.8) is 0 Å². The van der Waals surface area contributed by atoms with Crippen LogP contribution in [-0.4, -0.2) is 0 Å². The van der Waals surface area contributed by atoms with Crippen LogP contribution in [-0.2, 0) is 5.41 Å². The molecule has 0 heterocycles. The van der Waals surface area contributed by atoms with Crippen molar-refractivity contribution < 1.29 is 0 Å². The van der Waals surface area contributed by atoms with Gasteiger partial charge < -0.3 is 0 Å². The van der Waals surface area contributed by atoms with E-state index in [1.54, 1.807) is 5.57 Å². The number of hydrogen-bond acceptors (Lipinski definition) is 0. The van der Waals surface area contributed by atoms with Gasteiger partial charge in [-0.2, -0.15) is 0 Å². The molecule has 0 nitrogen and oxygen atoms in total. The Morgan fingerprint density at radius 2 is 2.06 bits per heavy atom. The zero-order chi connectivity index (χ0) is 12.8. The Balaban J connectivity index is 2.23. The molecule has 0 heteroatoms. The highest BCUT2D eigenvalue weighted by Gasteiger charge is 2.28. The van der Waals surface area contributed by atoms with Gasteiger partial charge in [0.05, 0.1) is 0 Å². The van der Waals surface area contributed by atoms with Crippen LogP contribution in [0.4, 0.5) is 0 Å². The van der Waals surface area contributed by atoms with Crippen molar-refractivity contribution in [1.29, 1.82) is 0 Å². The van der Waals surface area contributed by atoms with Crippen LogP contribution in [0.3, 0.4) is 0 Å². The van der Waals surface area contributed by atoms with E-state index < -0.39 is 0 Å². The molecule has 94 valence electrons. The lowest BCUT2D eigenvalue weighted by Gasteiger charge is -2.31. The van der Waals surface area contributed by atoms with Gasteiger partial charge in [0, 0.05) is 5.41 Å². The van der Waals surface area contributed by atoms with Crippen LogP contribution < -0.4 is 0 Å². The van der Waals surface area contributed by atoms with Crippen LogP contribution in [0.15, 0.2) is 66.8 Å². The lowest BCUT2D eigenvalue weighted by atomic mass is 9.72. The van der Waals surface area contributed by atoms with Gasteiger partial charge in [-0.1, -0.05) is 73.6 Å². The summed E-state index contributed by atoms with van der Waals surface area (Å²) in [7, 11) is 0. The molecule has 0 saturated carbocycles. The standard InChI is InChI=1S/C18H22/c1-3-5-10-16-11-9-14-18(4-2,15-16)17-12-7-6-8-13-17/h4,6-9,11-14H,2-3,5,10,15H2,1H3. The Kier molecular flexibility index (Phi) is 4.19. The summed E-state index contributed by atoms with van der Waals surface area (Å²) >= 11 is 0. The fourth-order valence-electron chi connectivity index (χ4n) is 2.63. The quantitative estimate of drug-likeness (QED) is 0.619. The topological polar surface area (TPSA) is 0 Å². The fraction of sp³-hybridized carbons (Fsp3) is 0.333. The van der Waals surface area contributed by atoms with E-state index in [1.165, 1.54) is 24.8 Å². The van der Waals surface area contributed by atoms with Gasteiger partial charge in [-0.15, -0.1) is 6.58 Å². The minimum absolute atomic E-state index is 0.000908. The summed E-state index contributed by atoms with van der Waals surface area (Å²) in [5.74, 6) is 0. The van der Waals surface area contributed by atoms with Crippen LogP contribution in [0.2, 0.25) is 0 Å². The molecule has 0 spiro atoms. The van der Waals surface area contributed by atoms with Gasteiger partial charge in [0.1, 0.15) is 0 Å². The molecule has 0 aliphatic heterocycles. The van der Waals surface area contributed by atoms with Crippen molar-refractivity contribution in [3.05, 3.63) is 72.4 Å². The van der Waals surface area contributed by atoms with Crippen molar-refractivity contribution in [3.8, 4) is 0 Å². The van der Waals surface area contributed by atoms with E-state index in [0.29, 0.717) is 0 Å². The summed E-state index contributed by atoms with van der Waals surface area (Å²) in [4.78, 5) is 0. The summed E-state index contributed by atoms with van der Waals surface area (Å²) in [6.45, 7) is 6.32. The van der Waals surface area contributed by atoms with Gasteiger partial charge in [-0.3, -0.25) is 0 Å². The molecular formula is C18H22. The van der Waals surface area contributed by atoms with Crippen molar-refractivity contribution in [2.45, 2.75) is 38.0 Å². The third kappa shape index (κ3) is 2.64. The number of hydrogen-bond donors (Lipinski definition) is 0. The molecule has 18 heavy (non-hydrogen) atoms. The van der Waals surface area contributed by atoms with Gasteiger partial charge in [0.15, 0.2) is 0 Å². The first-order valence-corrected chi connectivity index (χ1v) is 6.87. The van der Waals surface area contributed by atoms with Gasteiger partial charge in [0.2, 0.25) is 0 Å². The molecule has 1 aromatic carbocycles. The maximum absolute atomic E-state index is 4.07. The van der Waals surface area contributed by atoms with Crippen molar-refractivity contribution in [2.24, 2.45) is 0 Å². The third-order valence-electron chi connectivity index (χ3n) is 3.77. The SMILES string of the molecule is C=CC1(c2ccccc2)C=CC=C(CCCC)C1. The first kappa shape index (κ1) is 12.9. The first-order chi connectivity index (χ1) is 8.80. The molecule has 2 rings (SSSR count). The molecule has 1 aliphatic carbocycles. The van der Waals surface area contributed by atoms with E-state index in [0.717, 1.165) is 6.42 Å². The van der Waals surface area contributed by atoms with Crippen molar-refractivity contribution in [2.75, 3.05) is 0 Å². The molecular weight excluding hydrogens is 216 g/mol. The van der Waals surface area contributed by atoms with E-state index >= 15 is 0 Å². The number of rotatable bonds is 5. The van der Waals surface area contributed by atoms with E-state index in [4.69, 9.17) is 0 Å². The predicted molar refractivity (Wildman–Crippen MR) is 79.7 cm³/mol. The number of allylic oxidation sites excluding steroid dienone is 5. The molecule has 0 aromatic heterocycles. The highest BCUT2D eigenvalue weighted by molar-refractivity contribution is 5.42. The van der Waals surface area contributed by atoms with Gasteiger partial charge in [-0.25, -0.2) is 0 Å². The van der Waals surface area contributed by atoms with E-state index in [9.17, 15) is 0 Å². The van der Waals surface area contributed by atoms with E-state index in [2.05, 4.69) is 68.1 Å². The molecule has 0 fully saturated rings. The summed E-state index contributed by atoms with van der Waals surface area (Å²) in [6.07, 6.45) is 13.7. The first-order valence-electron chi connectivity index (χ1n) is 6.87. The maximum Gasteiger partial charge on any atom is 0.0349 e. The second-order valence-electron chi connectivity index (χ2n) is 5.07. The van der Waals surface area contributed by atoms with Crippen LogP contribution >= 0.6 is 0 Å². The van der Waals surface area contributed by atoms with E-state index in [-0.39, 0.29) is 5.41 Å². The van der Waals surface area contributed by atoms with Crippen LogP contribution in [0.1, 0.15) is 38.2 Å². The largest absolute Gasteiger partial charge is 0.102 e. The average molecular weight is 238 g/mol. The molecule has 0 saturated heterocycles. The molecule has 0 bridgehead atoms. The molecule has 1 aromatic rings. The smallest absolute Gasteiger partial charge is 0.0349 e. The molecule has 1 aliphatic rings. The maximum atomic E-state index is 4.07. The van der Waals surface area contributed by atoms with Crippen LogP contribution in [0.25, 0.3) is 0 Å². The molecule has 0 radical (unpaired) electrons. The van der Waals surface area contributed by atoms with Crippen LogP contribution in [0.5, 0.6) is 0 Å². The Hall–Kier alpha value is -1.56. The van der Waals surface area contributed by atoms with Gasteiger partial charge >= 0.3 is 0 Å². The van der Waals surface area contributed by atoms with Crippen molar-refractivity contribution in [1.82, 2.24) is 0 Å². The second kappa shape index (κ2) is 5.86. The minimum Gasteiger partial charge on any atom is -0.102 e. The lowest BCUT2D eigenvalue weighted by molar-refractivity contribution is 0.620. The monoisotopic (exact) mass is 238 g/mol. The summed E-state index contributed by atoms with van der Waals surface area (Å²) in [5.41, 5.74) is 2.89. The Morgan fingerprint density at radius 1 is 1.28 bits per heavy atom. The number of benzene rings is 1. The Morgan fingerprint density at radius 3 is 2.72 bits per heavy atom. The molecule has 1 atom stereocenters. The normalized spacial score (nSPS) is 22.6. The zero-order valence-corrected chi connectivity index (χ0v) is 11.2. The lowest BCUT2D eigenvalue weighted by Crippen LogP contribution is -2.23.